The van der Waals surface area contributed by atoms with E-state index >= 15 is 0 Å². The number of amides is 1. The van der Waals surface area contributed by atoms with Gasteiger partial charge < -0.3 is 10.6 Å². The molecule has 1 aliphatic heterocycles. The number of hydrogen-bond acceptors (Lipinski definition) is 6. The molecule has 0 fully saturated rings. The Balaban J connectivity index is 1.49. The number of alkyl halides is 3. The molecule has 6 nitrogen and oxygen atoms in total. The van der Waals surface area contributed by atoms with Crippen molar-refractivity contribution >= 4 is 39.4 Å². The maximum Gasteiger partial charge on any atom is 0.410 e. The van der Waals surface area contributed by atoms with Crippen LogP contribution in [0.2, 0.25) is 0 Å². The Morgan fingerprint density at radius 2 is 2.23 bits per heavy atom. The van der Waals surface area contributed by atoms with Crippen LogP contribution in [0.15, 0.2) is 23.7 Å². The van der Waals surface area contributed by atoms with Crippen molar-refractivity contribution in [2.75, 3.05) is 10.6 Å². The zero-order chi connectivity index (χ0) is 21.8. The standard InChI is InChI=1S/C20H16F3N5OS2/c21-20(22,23)16-7-13(15-5-2-6-30-15)26-17-12(9-25-28(16)17)18(29)27-19-11(8-24)10-3-1-4-14(10)31-19/h2,5-6,9,13,16,26H,1,3-4,7H2,(H,27,29)/t13-,16+/m0/s1. The van der Waals surface area contributed by atoms with E-state index in [0.29, 0.717) is 10.6 Å². The number of fused-ring (bicyclic) bond motifs is 2. The summed E-state index contributed by atoms with van der Waals surface area (Å²) in [6.07, 6.45) is -0.921. The van der Waals surface area contributed by atoms with E-state index in [1.807, 2.05) is 0 Å². The second-order valence-corrected chi connectivity index (χ2v) is 9.57. The highest BCUT2D eigenvalue weighted by molar-refractivity contribution is 7.16. The number of thiophene rings is 2. The summed E-state index contributed by atoms with van der Waals surface area (Å²) in [5.41, 5.74) is 1.44. The van der Waals surface area contributed by atoms with Crippen molar-refractivity contribution in [1.82, 2.24) is 9.78 Å². The van der Waals surface area contributed by atoms with Gasteiger partial charge in [0.25, 0.3) is 5.91 Å². The zero-order valence-electron chi connectivity index (χ0n) is 16.0. The molecule has 5 rings (SSSR count). The van der Waals surface area contributed by atoms with Gasteiger partial charge in [0, 0.05) is 16.2 Å². The molecule has 0 bridgehead atoms. The topological polar surface area (TPSA) is 82.7 Å². The van der Waals surface area contributed by atoms with Crippen molar-refractivity contribution in [3.05, 3.63) is 50.2 Å². The van der Waals surface area contributed by atoms with Crippen molar-refractivity contribution in [1.29, 1.82) is 5.26 Å². The molecule has 4 heterocycles. The summed E-state index contributed by atoms with van der Waals surface area (Å²) >= 11 is 2.72. The molecule has 0 radical (unpaired) electrons. The monoisotopic (exact) mass is 463 g/mol. The average molecular weight is 464 g/mol. The molecule has 1 amide bonds. The summed E-state index contributed by atoms with van der Waals surface area (Å²) in [5.74, 6) is -0.551. The summed E-state index contributed by atoms with van der Waals surface area (Å²) < 4.78 is 42.1. The summed E-state index contributed by atoms with van der Waals surface area (Å²) in [6, 6.07) is 3.29. The number of nitrogens with zero attached hydrogens (tertiary/aromatic N) is 3. The van der Waals surface area contributed by atoms with E-state index in [9.17, 15) is 23.2 Å². The van der Waals surface area contributed by atoms with E-state index in [1.54, 1.807) is 17.5 Å². The van der Waals surface area contributed by atoms with Crippen LogP contribution in [-0.4, -0.2) is 21.9 Å². The number of aryl methyl sites for hydroxylation is 1. The first-order valence-electron chi connectivity index (χ1n) is 9.67. The van der Waals surface area contributed by atoms with E-state index in [0.717, 1.165) is 45.5 Å². The third-order valence-electron chi connectivity index (χ3n) is 5.63. The molecule has 0 saturated carbocycles. The number of carbonyl (C=O) groups excluding carboxylic acids is 1. The van der Waals surface area contributed by atoms with E-state index in [2.05, 4.69) is 21.8 Å². The third-order valence-corrected chi connectivity index (χ3v) is 7.82. The van der Waals surface area contributed by atoms with Gasteiger partial charge in [-0.05, 0) is 36.3 Å². The van der Waals surface area contributed by atoms with Crippen LogP contribution in [0, 0.1) is 11.3 Å². The van der Waals surface area contributed by atoms with Gasteiger partial charge in [-0.25, -0.2) is 4.68 Å². The largest absolute Gasteiger partial charge is 0.410 e. The van der Waals surface area contributed by atoms with E-state index < -0.39 is 24.2 Å². The van der Waals surface area contributed by atoms with Gasteiger partial charge in [0.1, 0.15) is 22.5 Å². The van der Waals surface area contributed by atoms with Crippen LogP contribution in [0.25, 0.3) is 0 Å². The quantitative estimate of drug-likeness (QED) is 0.554. The molecular weight excluding hydrogens is 447 g/mol. The maximum absolute atomic E-state index is 13.8. The molecular formula is C20H16F3N5OS2. The average Bonchev–Trinajstić information content (AvgIpc) is 3.49. The van der Waals surface area contributed by atoms with Crippen LogP contribution < -0.4 is 10.6 Å². The lowest BCUT2D eigenvalue weighted by atomic mass is 10.0. The minimum Gasteiger partial charge on any atom is -0.362 e. The van der Waals surface area contributed by atoms with Crippen molar-refractivity contribution in [2.24, 2.45) is 0 Å². The van der Waals surface area contributed by atoms with Gasteiger partial charge in [-0.3, -0.25) is 4.79 Å². The second-order valence-electron chi connectivity index (χ2n) is 7.48. The van der Waals surface area contributed by atoms with Crippen LogP contribution in [-0.2, 0) is 12.8 Å². The number of nitrogens with one attached hydrogen (secondary N) is 2. The lowest BCUT2D eigenvalue weighted by Crippen LogP contribution is -2.36. The van der Waals surface area contributed by atoms with Crippen molar-refractivity contribution in [3.8, 4) is 6.07 Å². The molecule has 31 heavy (non-hydrogen) atoms. The van der Waals surface area contributed by atoms with Crippen molar-refractivity contribution in [2.45, 2.75) is 43.9 Å². The van der Waals surface area contributed by atoms with Gasteiger partial charge in [-0.2, -0.15) is 23.5 Å². The van der Waals surface area contributed by atoms with Gasteiger partial charge in [0.05, 0.1) is 17.8 Å². The summed E-state index contributed by atoms with van der Waals surface area (Å²) in [5, 5.41) is 21.5. The fourth-order valence-corrected chi connectivity index (χ4v) is 6.21. The minimum absolute atomic E-state index is 0.0213. The normalized spacial score (nSPS) is 19.9. The molecule has 3 aromatic heterocycles. The smallest absolute Gasteiger partial charge is 0.362 e. The highest BCUT2D eigenvalue weighted by Gasteiger charge is 2.47. The fourth-order valence-electron chi connectivity index (χ4n) is 4.19. The molecule has 0 spiro atoms. The van der Waals surface area contributed by atoms with Crippen LogP contribution in [0.3, 0.4) is 0 Å². The van der Waals surface area contributed by atoms with Gasteiger partial charge in [0.2, 0.25) is 0 Å². The first-order chi connectivity index (χ1) is 14.9. The molecule has 2 N–H and O–H groups in total. The molecule has 0 saturated heterocycles. The molecule has 0 unspecified atom stereocenters. The first kappa shape index (κ1) is 20.1. The number of aromatic nitrogens is 2. The zero-order valence-corrected chi connectivity index (χ0v) is 17.6. The van der Waals surface area contributed by atoms with Gasteiger partial charge in [-0.15, -0.1) is 22.7 Å². The van der Waals surface area contributed by atoms with Crippen LogP contribution >= 0.6 is 22.7 Å². The number of hydrogen-bond donors (Lipinski definition) is 2. The van der Waals surface area contributed by atoms with Crippen LogP contribution in [0.5, 0.6) is 0 Å². The number of anilines is 2. The Hall–Kier alpha value is -2.84. The third kappa shape index (κ3) is 3.40. The van der Waals surface area contributed by atoms with Crippen molar-refractivity contribution in [3.63, 3.8) is 0 Å². The number of rotatable bonds is 3. The van der Waals surface area contributed by atoms with E-state index in [4.69, 9.17) is 0 Å². The maximum atomic E-state index is 13.8. The minimum atomic E-state index is -4.51. The number of halogens is 3. The molecule has 0 aromatic carbocycles. The predicted molar refractivity (Wildman–Crippen MR) is 112 cm³/mol. The van der Waals surface area contributed by atoms with Crippen LogP contribution in [0.1, 0.15) is 56.2 Å². The Morgan fingerprint density at radius 3 is 2.94 bits per heavy atom. The highest BCUT2D eigenvalue weighted by atomic mass is 32.1. The van der Waals surface area contributed by atoms with Gasteiger partial charge in [0.15, 0.2) is 6.04 Å². The van der Waals surface area contributed by atoms with Crippen molar-refractivity contribution < 1.29 is 18.0 Å². The molecule has 1 aliphatic carbocycles. The number of carbonyl (C=O) groups is 1. The highest BCUT2D eigenvalue weighted by Crippen LogP contribution is 2.45. The summed E-state index contributed by atoms with van der Waals surface area (Å²) in [6.45, 7) is 0. The summed E-state index contributed by atoms with van der Waals surface area (Å²) in [7, 11) is 0. The van der Waals surface area contributed by atoms with E-state index in [-0.39, 0.29) is 17.8 Å². The summed E-state index contributed by atoms with van der Waals surface area (Å²) in [4.78, 5) is 14.8. The Morgan fingerprint density at radius 1 is 1.39 bits per heavy atom. The lowest BCUT2D eigenvalue weighted by molar-refractivity contribution is -0.173. The molecule has 3 aromatic rings. The SMILES string of the molecule is N#Cc1c(NC(=O)c2cnn3c2N[C@H](c2cccs2)C[C@@H]3C(F)(F)F)sc2c1CCC2. The second kappa shape index (κ2) is 7.39. The Bertz CT molecular complexity index is 1190. The van der Waals surface area contributed by atoms with Crippen LogP contribution in [0.4, 0.5) is 24.0 Å². The Kier molecular flexibility index (Phi) is 4.79. The lowest BCUT2D eigenvalue weighted by Gasteiger charge is -2.33. The molecule has 11 heteroatoms. The van der Waals surface area contributed by atoms with Gasteiger partial charge >= 0.3 is 6.18 Å². The van der Waals surface area contributed by atoms with E-state index in [1.165, 1.54) is 22.7 Å². The number of nitriles is 1. The Labute approximate surface area is 183 Å². The fraction of sp³-hybridized carbons (Fsp3) is 0.350. The predicted octanol–water partition coefficient (Wildman–Crippen LogP) is 5.28. The first-order valence-corrected chi connectivity index (χ1v) is 11.4. The molecule has 2 aliphatic rings. The molecule has 160 valence electrons. The molecule has 2 atom stereocenters. The van der Waals surface area contributed by atoms with Gasteiger partial charge in [-0.1, -0.05) is 6.07 Å².